The van der Waals surface area contributed by atoms with Gasteiger partial charge in [0.05, 0.1) is 0 Å². The van der Waals surface area contributed by atoms with Gasteiger partial charge in [-0.2, -0.15) is 0 Å². The highest BCUT2D eigenvalue weighted by Gasteiger charge is 2.45. The number of hydrogen-bond acceptors (Lipinski definition) is 1. The zero-order valence-electron chi connectivity index (χ0n) is 12.0. The number of rotatable bonds is 4. The molecule has 0 amide bonds. The van der Waals surface area contributed by atoms with Crippen LogP contribution in [-0.4, -0.2) is 5.97 Å². The third-order valence-corrected chi connectivity index (χ3v) is 3.93. The van der Waals surface area contributed by atoms with Gasteiger partial charge in [-0.3, -0.25) is 0 Å². The van der Waals surface area contributed by atoms with E-state index in [4.69, 9.17) is 0 Å². The van der Waals surface area contributed by atoms with Crippen LogP contribution in [0.5, 0.6) is 0 Å². The Labute approximate surface area is 129 Å². The van der Waals surface area contributed by atoms with Crippen molar-refractivity contribution >= 4 is 5.97 Å². The number of carbonyl (C=O) groups is 1. The van der Waals surface area contributed by atoms with E-state index in [1.165, 1.54) is 0 Å². The van der Waals surface area contributed by atoms with Gasteiger partial charge in [-0.25, -0.2) is 9.90 Å². The molecule has 0 fully saturated rings. The molecule has 3 aromatic carbocycles. The van der Waals surface area contributed by atoms with E-state index < -0.39 is 11.4 Å². The second-order valence-electron chi connectivity index (χ2n) is 5.14. The summed E-state index contributed by atoms with van der Waals surface area (Å²) < 4.78 is 0. The normalized spacial score (nSPS) is 11.1. The van der Waals surface area contributed by atoms with Gasteiger partial charge in [-0.15, -0.1) is 0 Å². The van der Waals surface area contributed by atoms with E-state index in [1.54, 1.807) is 0 Å². The van der Waals surface area contributed by atoms with E-state index in [9.17, 15) is 9.90 Å². The Morgan fingerprint density at radius 2 is 0.818 bits per heavy atom. The molecule has 0 unspecified atom stereocenters. The molecule has 0 aliphatic rings. The van der Waals surface area contributed by atoms with Gasteiger partial charge in [-0.05, 0) is 16.7 Å². The van der Waals surface area contributed by atoms with Gasteiger partial charge in [0.2, 0.25) is 0 Å². The fourth-order valence-corrected chi connectivity index (χ4v) is 2.92. The first-order valence-corrected chi connectivity index (χ1v) is 7.14. The molecule has 107 valence electrons. The molecule has 0 N–H and O–H groups in total. The lowest BCUT2D eigenvalue weighted by molar-refractivity contribution is -0.147. The van der Waals surface area contributed by atoms with Gasteiger partial charge in [-0.1, -0.05) is 91.0 Å². The number of carbonyl (C=O) groups excluding carboxylic acids is 1. The van der Waals surface area contributed by atoms with Crippen LogP contribution in [0, 0.1) is 0 Å². The molecule has 0 heterocycles. The predicted octanol–water partition coefficient (Wildman–Crippen LogP) is 3.98. The van der Waals surface area contributed by atoms with Crippen molar-refractivity contribution in [2.75, 3.05) is 0 Å². The van der Waals surface area contributed by atoms with E-state index in [-0.39, 0.29) is 0 Å². The van der Waals surface area contributed by atoms with E-state index in [0.717, 1.165) is 0 Å². The molecule has 1 radical (unpaired) electrons. The van der Waals surface area contributed by atoms with Crippen molar-refractivity contribution in [2.24, 2.45) is 0 Å². The van der Waals surface area contributed by atoms with Crippen LogP contribution in [0.4, 0.5) is 0 Å². The molecule has 0 atom stereocenters. The molecular weight excluding hydrogens is 272 g/mol. The highest BCUT2D eigenvalue weighted by molar-refractivity contribution is 5.90. The van der Waals surface area contributed by atoms with Crippen LogP contribution in [0.1, 0.15) is 16.7 Å². The SMILES string of the molecule is [O]C(=O)C(c1ccccc1)(c1ccccc1)c1ccccc1. The molecule has 0 aromatic heterocycles. The molecule has 22 heavy (non-hydrogen) atoms. The minimum absolute atomic E-state index is 0.687. The first-order valence-electron chi connectivity index (χ1n) is 7.14. The van der Waals surface area contributed by atoms with Crippen LogP contribution in [0.3, 0.4) is 0 Å². The predicted molar refractivity (Wildman–Crippen MR) is 84.9 cm³/mol. The van der Waals surface area contributed by atoms with Crippen molar-refractivity contribution < 1.29 is 9.90 Å². The minimum Gasteiger partial charge on any atom is -0.246 e. The highest BCUT2D eigenvalue weighted by Crippen LogP contribution is 2.39. The van der Waals surface area contributed by atoms with Gasteiger partial charge >= 0.3 is 5.97 Å². The summed E-state index contributed by atoms with van der Waals surface area (Å²) in [4.78, 5) is 12.3. The summed E-state index contributed by atoms with van der Waals surface area (Å²) in [6.45, 7) is 0. The topological polar surface area (TPSA) is 37.0 Å². The van der Waals surface area contributed by atoms with E-state index in [0.29, 0.717) is 16.7 Å². The highest BCUT2D eigenvalue weighted by atomic mass is 16.4. The van der Waals surface area contributed by atoms with Gasteiger partial charge in [0.15, 0.2) is 0 Å². The van der Waals surface area contributed by atoms with Crippen molar-refractivity contribution in [2.45, 2.75) is 5.41 Å². The van der Waals surface area contributed by atoms with Gasteiger partial charge in [0.1, 0.15) is 5.41 Å². The van der Waals surface area contributed by atoms with Gasteiger partial charge in [0, 0.05) is 0 Å². The van der Waals surface area contributed by atoms with Crippen molar-refractivity contribution in [3.05, 3.63) is 108 Å². The van der Waals surface area contributed by atoms with Gasteiger partial charge in [0.25, 0.3) is 0 Å². The largest absolute Gasteiger partial charge is 0.374 e. The van der Waals surface area contributed by atoms with Crippen LogP contribution < -0.4 is 0 Å². The second-order valence-corrected chi connectivity index (χ2v) is 5.14. The molecule has 0 aliphatic carbocycles. The zero-order valence-corrected chi connectivity index (χ0v) is 12.0. The third-order valence-electron chi connectivity index (χ3n) is 3.93. The van der Waals surface area contributed by atoms with Crippen LogP contribution in [0.15, 0.2) is 91.0 Å². The summed E-state index contributed by atoms with van der Waals surface area (Å²) in [6, 6.07) is 27.7. The Balaban J connectivity index is 2.37. The quantitative estimate of drug-likeness (QED) is 0.669. The number of hydrogen-bond donors (Lipinski definition) is 0. The first kappa shape index (κ1) is 14.1. The molecule has 2 heteroatoms. The molecule has 0 saturated carbocycles. The maximum Gasteiger partial charge on any atom is 0.374 e. The average Bonchev–Trinajstić information content (AvgIpc) is 2.58. The Bertz CT molecular complexity index is 653. The van der Waals surface area contributed by atoms with Crippen molar-refractivity contribution in [3.63, 3.8) is 0 Å². The summed E-state index contributed by atoms with van der Waals surface area (Å²) in [7, 11) is 0. The van der Waals surface area contributed by atoms with Crippen molar-refractivity contribution in [3.8, 4) is 0 Å². The van der Waals surface area contributed by atoms with E-state index >= 15 is 0 Å². The summed E-state index contributed by atoms with van der Waals surface area (Å²) in [5, 5.41) is 12.3. The summed E-state index contributed by atoms with van der Waals surface area (Å²) in [5.41, 5.74) is 0.747. The molecule has 0 bridgehead atoms. The third kappa shape index (κ3) is 2.19. The molecule has 2 nitrogen and oxygen atoms in total. The molecule has 0 spiro atoms. The Morgan fingerprint density at radius 1 is 0.545 bits per heavy atom. The monoisotopic (exact) mass is 287 g/mol. The minimum atomic E-state index is -1.32. The Hall–Kier alpha value is -2.87. The lowest BCUT2D eigenvalue weighted by Crippen LogP contribution is -2.37. The van der Waals surface area contributed by atoms with E-state index in [1.807, 2.05) is 91.0 Å². The van der Waals surface area contributed by atoms with Gasteiger partial charge < -0.3 is 0 Å². The molecule has 0 saturated heterocycles. The van der Waals surface area contributed by atoms with E-state index in [2.05, 4.69) is 0 Å². The van der Waals surface area contributed by atoms with Crippen LogP contribution in [0.25, 0.3) is 0 Å². The Morgan fingerprint density at radius 3 is 1.05 bits per heavy atom. The molecule has 3 aromatic rings. The van der Waals surface area contributed by atoms with Crippen LogP contribution in [-0.2, 0) is 15.3 Å². The molecule has 0 aliphatic heterocycles. The summed E-state index contributed by atoms with van der Waals surface area (Å²) in [5.74, 6) is -1.13. The lowest BCUT2D eigenvalue weighted by Gasteiger charge is -2.30. The first-order chi connectivity index (χ1) is 10.8. The summed E-state index contributed by atoms with van der Waals surface area (Å²) in [6.07, 6.45) is 0. The fraction of sp³-hybridized carbons (Fsp3) is 0.0500. The fourth-order valence-electron chi connectivity index (χ4n) is 2.92. The Kier molecular flexibility index (Phi) is 3.75. The maximum atomic E-state index is 12.3. The van der Waals surface area contributed by atoms with Crippen molar-refractivity contribution in [1.82, 2.24) is 0 Å². The standard InChI is InChI=1S/C20H15O2/c21-19(22)20(16-10-4-1-5-11-16,17-12-6-2-7-13-17)18-14-8-3-9-15-18/h1-15H. The second kappa shape index (κ2) is 5.86. The molecule has 3 rings (SSSR count). The van der Waals surface area contributed by atoms with Crippen LogP contribution >= 0.6 is 0 Å². The average molecular weight is 287 g/mol. The lowest BCUT2D eigenvalue weighted by atomic mass is 9.69. The maximum absolute atomic E-state index is 12.3. The van der Waals surface area contributed by atoms with Crippen molar-refractivity contribution in [1.29, 1.82) is 0 Å². The molecular formula is C20H15O2. The summed E-state index contributed by atoms with van der Waals surface area (Å²) >= 11 is 0. The number of benzene rings is 3. The smallest absolute Gasteiger partial charge is 0.246 e. The van der Waals surface area contributed by atoms with Crippen LogP contribution in [0.2, 0.25) is 0 Å². The zero-order chi connectivity index (χ0) is 15.4.